The highest BCUT2D eigenvalue weighted by atomic mass is 32.2. The maximum absolute atomic E-state index is 12.5. The molecule has 1 N–H and O–H groups in total. The lowest BCUT2D eigenvalue weighted by atomic mass is 10.1. The molecule has 0 spiro atoms. The molecule has 2 heterocycles. The average molecular weight is 420 g/mol. The van der Waals surface area contributed by atoms with Gasteiger partial charge in [0.1, 0.15) is 0 Å². The molecule has 156 valence electrons. The number of carbonyl (C=O) groups excluding carboxylic acids is 3. The second-order valence-electron chi connectivity index (χ2n) is 7.18. The minimum Gasteiger partial charge on any atom is -0.353 e. The molecule has 0 saturated carbocycles. The molecule has 2 aliphatic rings. The Labute approximate surface area is 169 Å². The summed E-state index contributed by atoms with van der Waals surface area (Å²) >= 11 is 0. The molecule has 0 radical (unpaired) electrons. The first-order chi connectivity index (χ1) is 13.7. The highest BCUT2D eigenvalue weighted by Gasteiger charge is 2.43. The number of ketones is 1. The third kappa shape index (κ3) is 4.47. The van der Waals surface area contributed by atoms with Gasteiger partial charge in [-0.3, -0.25) is 19.3 Å². The largest absolute Gasteiger partial charge is 0.353 e. The van der Waals surface area contributed by atoms with E-state index in [2.05, 4.69) is 10.3 Å². The molecule has 2 aliphatic heterocycles. The van der Waals surface area contributed by atoms with Crippen molar-refractivity contribution in [2.24, 2.45) is 4.99 Å². The van der Waals surface area contributed by atoms with Gasteiger partial charge in [0.05, 0.1) is 5.75 Å². The Morgan fingerprint density at radius 2 is 1.90 bits per heavy atom. The third-order valence-electron chi connectivity index (χ3n) is 4.96. The summed E-state index contributed by atoms with van der Waals surface area (Å²) in [5.41, 5.74) is 2.15. The number of likely N-dealkylation sites (N-methyl/N-ethyl adjacent to an activating group) is 1. The van der Waals surface area contributed by atoms with Crippen molar-refractivity contribution in [2.75, 3.05) is 25.9 Å². The molecule has 1 aromatic rings. The van der Waals surface area contributed by atoms with Crippen molar-refractivity contribution >= 4 is 33.6 Å². The number of rotatable bonds is 4. The average Bonchev–Trinajstić information content (AvgIpc) is 2.68. The van der Waals surface area contributed by atoms with Gasteiger partial charge < -0.3 is 5.32 Å². The quantitative estimate of drug-likeness (QED) is 0.537. The van der Waals surface area contributed by atoms with Gasteiger partial charge in [0.2, 0.25) is 16.0 Å². The number of hydrogen-bond donors (Lipinski definition) is 1. The zero-order valence-corrected chi connectivity index (χ0v) is 17.2. The van der Waals surface area contributed by atoms with E-state index < -0.39 is 33.7 Å². The molecule has 0 bridgehead atoms. The lowest BCUT2D eigenvalue weighted by Gasteiger charge is -2.35. The van der Waals surface area contributed by atoms with Crippen molar-refractivity contribution in [2.45, 2.75) is 32.2 Å². The van der Waals surface area contributed by atoms with E-state index in [0.717, 1.165) is 20.3 Å². The number of amides is 2. The molecule has 9 nitrogen and oxygen atoms in total. The van der Waals surface area contributed by atoms with E-state index in [1.807, 2.05) is 31.2 Å². The van der Waals surface area contributed by atoms with Gasteiger partial charge in [0, 0.05) is 20.1 Å². The Hall–Kier alpha value is -2.75. The van der Waals surface area contributed by atoms with Crippen molar-refractivity contribution < 1.29 is 22.8 Å². The maximum Gasteiger partial charge on any atom is 0.299 e. The minimum absolute atomic E-state index is 0.0601. The Morgan fingerprint density at radius 1 is 1.21 bits per heavy atom. The van der Waals surface area contributed by atoms with Crippen LogP contribution in [0.3, 0.4) is 0 Å². The first-order valence-corrected chi connectivity index (χ1v) is 11.0. The fourth-order valence-corrected chi connectivity index (χ4v) is 4.85. The smallest absolute Gasteiger partial charge is 0.299 e. The minimum atomic E-state index is -3.64. The third-order valence-corrected chi connectivity index (χ3v) is 6.78. The number of aliphatic imine (C=N–C) groups is 1. The maximum atomic E-state index is 12.5. The molecule has 3 rings (SSSR count). The second kappa shape index (κ2) is 8.32. The fraction of sp³-hybridized carbons (Fsp3) is 0.474. The van der Waals surface area contributed by atoms with Crippen LogP contribution in [0.2, 0.25) is 0 Å². The molecule has 1 unspecified atom stereocenters. The van der Waals surface area contributed by atoms with Gasteiger partial charge in [0.15, 0.2) is 6.04 Å². The molecule has 1 saturated heterocycles. The number of benzene rings is 1. The molecule has 1 aromatic carbocycles. The first kappa shape index (κ1) is 21.0. The van der Waals surface area contributed by atoms with Crippen LogP contribution in [0.1, 0.15) is 24.0 Å². The summed E-state index contributed by atoms with van der Waals surface area (Å²) in [5.74, 6) is -2.87. The SMILES string of the molecule is Cc1ccc(CCNC(=O)C2N=C(N3CCCCS3(=O)=O)N(C)C(=O)C2=O)cc1. The van der Waals surface area contributed by atoms with Crippen molar-refractivity contribution in [1.29, 1.82) is 0 Å². The number of sulfonamides is 1. The van der Waals surface area contributed by atoms with Crippen LogP contribution in [0.5, 0.6) is 0 Å². The van der Waals surface area contributed by atoms with E-state index in [0.29, 0.717) is 19.3 Å². The van der Waals surface area contributed by atoms with E-state index in [1.165, 1.54) is 7.05 Å². The number of carbonyl (C=O) groups is 3. The second-order valence-corrected chi connectivity index (χ2v) is 9.19. The monoisotopic (exact) mass is 420 g/mol. The molecular weight excluding hydrogens is 396 g/mol. The van der Waals surface area contributed by atoms with Gasteiger partial charge in [-0.1, -0.05) is 29.8 Å². The Bertz CT molecular complexity index is 955. The van der Waals surface area contributed by atoms with Gasteiger partial charge in [-0.15, -0.1) is 0 Å². The number of Topliss-reactive ketones (excluding diaryl/α,β-unsaturated/α-hetero) is 1. The lowest BCUT2D eigenvalue weighted by Crippen LogP contribution is -2.59. The summed E-state index contributed by atoms with van der Waals surface area (Å²) in [5, 5.41) is 2.62. The van der Waals surface area contributed by atoms with Gasteiger partial charge in [-0.2, -0.15) is 0 Å². The summed E-state index contributed by atoms with van der Waals surface area (Å²) < 4.78 is 25.8. The topological polar surface area (TPSA) is 116 Å². The van der Waals surface area contributed by atoms with Crippen molar-refractivity contribution in [3.05, 3.63) is 35.4 Å². The first-order valence-electron chi connectivity index (χ1n) is 9.44. The number of nitrogens with zero attached hydrogens (tertiary/aromatic N) is 3. The van der Waals surface area contributed by atoms with E-state index >= 15 is 0 Å². The van der Waals surface area contributed by atoms with Crippen LogP contribution in [0.25, 0.3) is 0 Å². The molecule has 1 fully saturated rings. The Morgan fingerprint density at radius 3 is 2.55 bits per heavy atom. The van der Waals surface area contributed by atoms with Crippen molar-refractivity contribution in [3.8, 4) is 0 Å². The zero-order chi connectivity index (χ0) is 21.2. The van der Waals surface area contributed by atoms with E-state index in [-0.39, 0.29) is 24.8 Å². The number of hydrogen-bond acceptors (Lipinski definition) is 6. The Kier molecular flexibility index (Phi) is 6.02. The van der Waals surface area contributed by atoms with Crippen LogP contribution in [0.15, 0.2) is 29.3 Å². The Balaban J connectivity index is 1.74. The van der Waals surface area contributed by atoms with Crippen LogP contribution in [0.4, 0.5) is 0 Å². The highest BCUT2D eigenvalue weighted by Crippen LogP contribution is 2.19. The molecule has 1 atom stereocenters. The summed E-state index contributed by atoms with van der Waals surface area (Å²) in [6.07, 6.45) is 1.69. The van der Waals surface area contributed by atoms with Crippen LogP contribution < -0.4 is 5.32 Å². The standard InChI is InChI=1S/C19H24N4O5S/c1-13-5-7-14(8-6-13)9-10-20-17(25)15-16(24)18(26)22(2)19(21-15)23-11-3-4-12-29(23,27)28/h5-8,15H,3-4,9-12H2,1-2H3,(H,20,25). The fourth-order valence-electron chi connectivity index (χ4n) is 3.24. The van der Waals surface area contributed by atoms with Crippen LogP contribution >= 0.6 is 0 Å². The summed E-state index contributed by atoms with van der Waals surface area (Å²) in [7, 11) is -2.35. The summed E-state index contributed by atoms with van der Waals surface area (Å²) in [4.78, 5) is 42.1. The number of guanidine groups is 1. The normalized spacial score (nSPS) is 21.7. The summed E-state index contributed by atoms with van der Waals surface area (Å²) in [6, 6.07) is 6.24. The molecule has 29 heavy (non-hydrogen) atoms. The molecule has 2 amide bonds. The van der Waals surface area contributed by atoms with Gasteiger partial charge in [0.25, 0.3) is 17.6 Å². The zero-order valence-electron chi connectivity index (χ0n) is 16.4. The highest BCUT2D eigenvalue weighted by molar-refractivity contribution is 7.89. The number of aryl methyl sites for hydroxylation is 1. The molecule has 0 aromatic heterocycles. The molecule has 10 heteroatoms. The van der Waals surface area contributed by atoms with Crippen molar-refractivity contribution in [3.63, 3.8) is 0 Å². The van der Waals surface area contributed by atoms with Crippen LogP contribution in [-0.4, -0.2) is 73.1 Å². The van der Waals surface area contributed by atoms with E-state index in [1.54, 1.807) is 0 Å². The number of nitrogens with one attached hydrogen (secondary N) is 1. The van der Waals surface area contributed by atoms with Crippen molar-refractivity contribution in [1.82, 2.24) is 14.5 Å². The predicted molar refractivity (Wildman–Crippen MR) is 107 cm³/mol. The van der Waals surface area contributed by atoms with Gasteiger partial charge in [-0.05, 0) is 31.7 Å². The van der Waals surface area contributed by atoms with E-state index in [9.17, 15) is 22.8 Å². The van der Waals surface area contributed by atoms with Crippen LogP contribution in [0, 0.1) is 6.92 Å². The van der Waals surface area contributed by atoms with Crippen LogP contribution in [-0.2, 0) is 30.8 Å². The van der Waals surface area contributed by atoms with Gasteiger partial charge >= 0.3 is 0 Å². The predicted octanol–water partition coefficient (Wildman–Crippen LogP) is -0.155. The van der Waals surface area contributed by atoms with E-state index in [4.69, 9.17) is 0 Å². The summed E-state index contributed by atoms with van der Waals surface area (Å²) in [6.45, 7) is 2.41. The molecular formula is C19H24N4O5S. The van der Waals surface area contributed by atoms with Gasteiger partial charge in [-0.25, -0.2) is 17.7 Å². The lowest BCUT2D eigenvalue weighted by molar-refractivity contribution is -0.145. The molecule has 0 aliphatic carbocycles.